The van der Waals surface area contributed by atoms with Gasteiger partial charge in [-0.15, -0.1) is 0 Å². The van der Waals surface area contributed by atoms with Gasteiger partial charge in [-0.3, -0.25) is 14.2 Å². The van der Waals surface area contributed by atoms with Gasteiger partial charge in [0.2, 0.25) is 0 Å². The minimum Gasteiger partial charge on any atom is -0.395 e. The Morgan fingerprint density at radius 1 is 1.31 bits per heavy atom. The number of fused-ring (bicyclic) bond motifs is 1. The summed E-state index contributed by atoms with van der Waals surface area (Å²) in [5, 5.41) is 11.2. The second kappa shape index (κ2) is 8.77. The highest BCUT2D eigenvalue weighted by Gasteiger charge is 2.23. The normalized spacial score (nSPS) is 17.9. The summed E-state index contributed by atoms with van der Waals surface area (Å²) in [6.07, 6.45) is 3.76. The molecule has 0 unspecified atom stereocenters. The standard InChI is InChI=1S/C17H22N2O2.CH4O3S/c1-12-4-2-6-15-16(12)10-13(18-17(15)21)7-9-19-8-3-5-14(19)11-20;1-5(2,3)4/h2,4,6,10,14,20H,3,5,7-9,11H2,1H3,(H,18,21);1H3,(H,2,3,4)/t14-;/m1./s1. The lowest BCUT2D eigenvalue weighted by Crippen LogP contribution is -2.34. The summed E-state index contributed by atoms with van der Waals surface area (Å²) in [4.78, 5) is 17.5. The van der Waals surface area contributed by atoms with Gasteiger partial charge in [-0.1, -0.05) is 12.1 Å². The summed E-state index contributed by atoms with van der Waals surface area (Å²) in [6.45, 7) is 4.20. The minimum atomic E-state index is -3.67. The second-order valence-electron chi connectivity index (χ2n) is 6.66. The highest BCUT2D eigenvalue weighted by Crippen LogP contribution is 2.18. The number of likely N-dealkylation sites (tertiary alicyclic amines) is 1. The van der Waals surface area contributed by atoms with E-state index in [0.29, 0.717) is 12.3 Å². The smallest absolute Gasteiger partial charge is 0.261 e. The first kappa shape index (κ1) is 20.6. The maximum atomic E-state index is 12.2. The molecule has 1 aliphatic heterocycles. The molecule has 7 nitrogen and oxygen atoms in total. The summed E-state index contributed by atoms with van der Waals surface area (Å²) in [7, 11) is -3.67. The third-order valence-corrected chi connectivity index (χ3v) is 4.54. The Kier molecular flexibility index (Phi) is 6.94. The van der Waals surface area contributed by atoms with Gasteiger partial charge in [0.15, 0.2) is 0 Å². The zero-order valence-electron chi connectivity index (χ0n) is 15.1. The first-order chi connectivity index (χ1) is 12.2. The van der Waals surface area contributed by atoms with E-state index >= 15 is 0 Å². The van der Waals surface area contributed by atoms with Crippen molar-refractivity contribution in [1.82, 2.24) is 9.88 Å². The van der Waals surface area contributed by atoms with Crippen molar-refractivity contribution in [3.05, 3.63) is 45.9 Å². The predicted octanol–water partition coefficient (Wildman–Crippen LogP) is 1.34. The number of hydrogen-bond acceptors (Lipinski definition) is 5. The van der Waals surface area contributed by atoms with E-state index in [-0.39, 0.29) is 12.2 Å². The van der Waals surface area contributed by atoms with Crippen LogP contribution in [0.3, 0.4) is 0 Å². The van der Waals surface area contributed by atoms with E-state index < -0.39 is 10.1 Å². The van der Waals surface area contributed by atoms with Crippen LogP contribution < -0.4 is 5.56 Å². The molecule has 2 aromatic rings. The van der Waals surface area contributed by atoms with E-state index in [0.717, 1.165) is 54.4 Å². The van der Waals surface area contributed by atoms with Crippen LogP contribution >= 0.6 is 0 Å². The van der Waals surface area contributed by atoms with Crippen LogP contribution in [0.2, 0.25) is 0 Å². The van der Waals surface area contributed by atoms with Crippen LogP contribution in [0.15, 0.2) is 29.1 Å². The van der Waals surface area contributed by atoms with E-state index in [1.54, 1.807) is 0 Å². The molecule has 3 N–H and O–H groups in total. The number of nitrogens with zero attached hydrogens (tertiary/aromatic N) is 1. The number of aromatic nitrogens is 1. The first-order valence-electron chi connectivity index (χ1n) is 8.58. The van der Waals surface area contributed by atoms with Crippen molar-refractivity contribution >= 4 is 20.9 Å². The molecular weight excluding hydrogens is 356 g/mol. The number of benzene rings is 1. The Morgan fingerprint density at radius 3 is 2.65 bits per heavy atom. The lowest BCUT2D eigenvalue weighted by Gasteiger charge is -2.22. The van der Waals surface area contributed by atoms with Gasteiger partial charge >= 0.3 is 0 Å². The molecule has 26 heavy (non-hydrogen) atoms. The quantitative estimate of drug-likeness (QED) is 0.688. The molecule has 8 heteroatoms. The van der Waals surface area contributed by atoms with Crippen LogP contribution in [-0.4, -0.2) is 60.0 Å². The molecular formula is C18H26N2O5S. The van der Waals surface area contributed by atoms with Gasteiger partial charge in [-0.05, 0) is 49.4 Å². The van der Waals surface area contributed by atoms with Gasteiger partial charge < -0.3 is 10.1 Å². The Balaban J connectivity index is 0.000000431. The average molecular weight is 382 g/mol. The number of aliphatic hydroxyl groups is 1. The molecule has 1 saturated heterocycles. The predicted molar refractivity (Wildman–Crippen MR) is 102 cm³/mol. The molecule has 1 atom stereocenters. The van der Waals surface area contributed by atoms with Gasteiger partial charge in [-0.25, -0.2) is 0 Å². The number of aromatic amines is 1. The maximum absolute atomic E-state index is 12.2. The number of H-pyrrole nitrogens is 1. The average Bonchev–Trinajstić information content (AvgIpc) is 3.00. The zero-order valence-corrected chi connectivity index (χ0v) is 15.9. The Labute approximate surface area is 153 Å². The van der Waals surface area contributed by atoms with E-state index in [2.05, 4.69) is 16.0 Å². The van der Waals surface area contributed by atoms with Crippen molar-refractivity contribution < 1.29 is 18.1 Å². The topological polar surface area (TPSA) is 111 Å². The molecule has 1 aromatic carbocycles. The maximum Gasteiger partial charge on any atom is 0.261 e. The summed E-state index contributed by atoms with van der Waals surface area (Å²) in [5.41, 5.74) is 2.10. The number of nitrogens with one attached hydrogen (secondary N) is 1. The second-order valence-corrected chi connectivity index (χ2v) is 8.12. The highest BCUT2D eigenvalue weighted by molar-refractivity contribution is 7.85. The third kappa shape index (κ3) is 5.91. The third-order valence-electron chi connectivity index (χ3n) is 4.54. The molecule has 0 amide bonds. The van der Waals surface area contributed by atoms with Crippen LogP contribution in [0.5, 0.6) is 0 Å². The molecule has 0 bridgehead atoms. The van der Waals surface area contributed by atoms with Crippen molar-refractivity contribution in [2.24, 2.45) is 0 Å². The van der Waals surface area contributed by atoms with Gasteiger partial charge in [0, 0.05) is 30.1 Å². The fraction of sp³-hybridized carbons (Fsp3) is 0.500. The van der Waals surface area contributed by atoms with Gasteiger partial charge in [0.25, 0.3) is 15.7 Å². The van der Waals surface area contributed by atoms with Crippen LogP contribution in [0.4, 0.5) is 0 Å². The highest BCUT2D eigenvalue weighted by atomic mass is 32.2. The molecule has 0 saturated carbocycles. The Hall–Kier alpha value is -1.74. The van der Waals surface area contributed by atoms with Crippen molar-refractivity contribution in [2.45, 2.75) is 32.2 Å². The monoisotopic (exact) mass is 382 g/mol. The molecule has 0 aliphatic carbocycles. The largest absolute Gasteiger partial charge is 0.395 e. The fourth-order valence-electron chi connectivity index (χ4n) is 3.29. The van der Waals surface area contributed by atoms with Gasteiger partial charge in [0.1, 0.15) is 0 Å². The summed E-state index contributed by atoms with van der Waals surface area (Å²) >= 11 is 0. The van der Waals surface area contributed by atoms with Gasteiger partial charge in [0.05, 0.1) is 12.9 Å². The molecule has 1 fully saturated rings. The first-order valence-corrected chi connectivity index (χ1v) is 10.4. The summed E-state index contributed by atoms with van der Waals surface area (Å²) in [5.74, 6) is 0. The van der Waals surface area contributed by atoms with Crippen molar-refractivity contribution in [3.8, 4) is 0 Å². The molecule has 0 spiro atoms. The van der Waals surface area contributed by atoms with Crippen LogP contribution in [0.25, 0.3) is 10.8 Å². The zero-order chi connectivity index (χ0) is 19.3. The summed E-state index contributed by atoms with van der Waals surface area (Å²) in [6, 6.07) is 8.21. The Morgan fingerprint density at radius 2 is 2.00 bits per heavy atom. The fourth-order valence-corrected chi connectivity index (χ4v) is 3.29. The SMILES string of the molecule is CS(=O)(=O)O.Cc1cccc2c(=O)[nH]c(CCN3CCC[C@@H]3CO)cc12. The summed E-state index contributed by atoms with van der Waals surface area (Å²) < 4.78 is 25.9. The van der Waals surface area contributed by atoms with E-state index in [1.165, 1.54) is 0 Å². The lowest BCUT2D eigenvalue weighted by atomic mass is 10.1. The molecule has 0 radical (unpaired) electrons. The molecule has 1 aromatic heterocycles. The minimum absolute atomic E-state index is 0.00803. The van der Waals surface area contributed by atoms with Crippen LogP contribution in [-0.2, 0) is 16.5 Å². The molecule has 3 rings (SSSR count). The number of aryl methyl sites for hydroxylation is 1. The van der Waals surface area contributed by atoms with Crippen molar-refractivity contribution in [2.75, 3.05) is 26.0 Å². The van der Waals surface area contributed by atoms with Crippen LogP contribution in [0.1, 0.15) is 24.1 Å². The van der Waals surface area contributed by atoms with E-state index in [4.69, 9.17) is 4.55 Å². The van der Waals surface area contributed by atoms with Gasteiger partial charge in [-0.2, -0.15) is 8.42 Å². The van der Waals surface area contributed by atoms with E-state index in [1.807, 2.05) is 25.1 Å². The number of aliphatic hydroxyl groups excluding tert-OH is 1. The molecule has 2 heterocycles. The lowest BCUT2D eigenvalue weighted by molar-refractivity contribution is 0.160. The molecule has 144 valence electrons. The Bertz CT molecular complexity index is 899. The number of pyridine rings is 1. The van der Waals surface area contributed by atoms with Crippen LogP contribution in [0, 0.1) is 6.92 Å². The number of rotatable bonds is 4. The van der Waals surface area contributed by atoms with Crippen molar-refractivity contribution in [1.29, 1.82) is 0 Å². The van der Waals surface area contributed by atoms with Crippen molar-refractivity contribution in [3.63, 3.8) is 0 Å². The molecule has 1 aliphatic rings. The number of hydrogen-bond donors (Lipinski definition) is 3. The van der Waals surface area contributed by atoms with E-state index in [9.17, 15) is 18.3 Å².